The number of hydrogen-bond acceptors (Lipinski definition) is 4. The Bertz CT molecular complexity index is 1370. The summed E-state index contributed by atoms with van der Waals surface area (Å²) >= 11 is 0. The first-order valence-electron chi connectivity index (χ1n) is 17.5. The molecule has 0 amide bonds. The van der Waals surface area contributed by atoms with Crippen LogP contribution in [0.3, 0.4) is 0 Å². The normalized spacial score (nSPS) is 11.8. The van der Waals surface area contributed by atoms with E-state index in [1.54, 1.807) is 0 Å². The van der Waals surface area contributed by atoms with E-state index in [4.69, 9.17) is 9.98 Å². The SMILES string of the molecule is CCCCc1cc(CCCC)c(O)c(C(=Nc2ccccc2N=C(c2cc(CCCC)cc(CCCC)c2O)N(C)C)N(C)C)c1.[Zn]. The molecule has 0 saturated carbocycles. The minimum atomic E-state index is 0. The van der Waals surface area contributed by atoms with Gasteiger partial charge in [-0.1, -0.05) is 77.6 Å². The van der Waals surface area contributed by atoms with Crippen molar-refractivity contribution in [1.82, 2.24) is 9.80 Å². The summed E-state index contributed by atoms with van der Waals surface area (Å²) in [7, 11) is 7.88. The number of aromatic hydroxyl groups is 2. The van der Waals surface area contributed by atoms with Crippen LogP contribution in [0.25, 0.3) is 0 Å². The van der Waals surface area contributed by atoms with Crippen LogP contribution in [0.2, 0.25) is 0 Å². The molecular weight excluding hydrogens is 634 g/mol. The third-order valence-electron chi connectivity index (χ3n) is 8.40. The standard InChI is InChI=1S/C40H58N4O2.Zn/c1-9-13-19-29-25-31(21-15-11-3)37(45)33(27-29)39(43(5)6)41-35-23-17-18-24-36(35)42-40(44(7)8)34-28-30(20-14-10-2)26-32(38(34)46)22-16-12-4;/h17-18,23-28,45-46H,9-16,19-22H2,1-8H3;. The molecule has 0 fully saturated rings. The molecule has 2 N–H and O–H groups in total. The monoisotopic (exact) mass is 690 g/mol. The topological polar surface area (TPSA) is 71.7 Å². The Hall–Kier alpha value is -3.18. The number of aryl methyl sites for hydroxylation is 4. The average molecular weight is 692 g/mol. The minimum Gasteiger partial charge on any atom is -0.507 e. The Labute approximate surface area is 297 Å². The average Bonchev–Trinajstić information content (AvgIpc) is 3.04. The second-order valence-electron chi connectivity index (χ2n) is 12.9. The number of amidine groups is 2. The molecule has 0 aliphatic rings. The molecule has 6 nitrogen and oxygen atoms in total. The van der Waals surface area contributed by atoms with Gasteiger partial charge in [-0.2, -0.15) is 0 Å². The molecule has 0 aromatic heterocycles. The molecule has 3 rings (SSSR count). The van der Waals surface area contributed by atoms with Gasteiger partial charge in [0.1, 0.15) is 23.2 Å². The summed E-state index contributed by atoms with van der Waals surface area (Å²) in [4.78, 5) is 14.3. The van der Waals surface area contributed by atoms with Gasteiger partial charge >= 0.3 is 0 Å². The van der Waals surface area contributed by atoms with Gasteiger partial charge in [-0.25, -0.2) is 9.98 Å². The van der Waals surface area contributed by atoms with E-state index in [1.165, 1.54) is 11.1 Å². The summed E-state index contributed by atoms with van der Waals surface area (Å²) in [5.74, 6) is 2.00. The minimum absolute atomic E-state index is 0. The molecule has 0 saturated heterocycles. The molecule has 0 unspecified atom stereocenters. The van der Waals surface area contributed by atoms with Crippen molar-refractivity contribution in [2.75, 3.05) is 28.2 Å². The van der Waals surface area contributed by atoms with E-state index in [1.807, 2.05) is 62.3 Å². The third-order valence-corrected chi connectivity index (χ3v) is 8.40. The van der Waals surface area contributed by atoms with Crippen molar-refractivity contribution in [3.8, 4) is 11.5 Å². The van der Waals surface area contributed by atoms with Gasteiger partial charge in [0, 0.05) is 47.7 Å². The zero-order valence-electron chi connectivity index (χ0n) is 30.5. The molecule has 0 spiro atoms. The fourth-order valence-electron chi connectivity index (χ4n) is 5.71. The van der Waals surface area contributed by atoms with Gasteiger partial charge in [0.25, 0.3) is 0 Å². The van der Waals surface area contributed by atoms with E-state index < -0.39 is 0 Å². The second-order valence-corrected chi connectivity index (χ2v) is 12.9. The predicted molar refractivity (Wildman–Crippen MR) is 197 cm³/mol. The Morgan fingerprint density at radius 3 is 1.21 bits per heavy atom. The molecule has 3 aromatic carbocycles. The Morgan fingerprint density at radius 2 is 0.894 bits per heavy atom. The van der Waals surface area contributed by atoms with Crippen molar-refractivity contribution in [2.45, 2.75) is 105 Å². The Balaban J connectivity index is 0.00000768. The van der Waals surface area contributed by atoms with E-state index in [0.717, 1.165) is 99.3 Å². The number of aliphatic imine (C=N–C) groups is 2. The summed E-state index contributed by atoms with van der Waals surface area (Å²) in [5, 5.41) is 23.1. The van der Waals surface area contributed by atoms with Crippen molar-refractivity contribution in [2.24, 2.45) is 9.98 Å². The van der Waals surface area contributed by atoms with E-state index in [-0.39, 0.29) is 19.5 Å². The number of rotatable bonds is 16. The number of benzene rings is 3. The maximum Gasteiger partial charge on any atom is 0.139 e. The summed E-state index contributed by atoms with van der Waals surface area (Å²) in [6.45, 7) is 8.77. The first kappa shape index (κ1) is 40.0. The third kappa shape index (κ3) is 11.2. The number of hydrogen-bond donors (Lipinski definition) is 2. The van der Waals surface area contributed by atoms with Crippen molar-refractivity contribution < 1.29 is 29.7 Å². The van der Waals surface area contributed by atoms with Gasteiger partial charge in [0.15, 0.2) is 0 Å². The van der Waals surface area contributed by atoms with Crippen LogP contribution >= 0.6 is 0 Å². The van der Waals surface area contributed by atoms with Crippen LogP contribution in [0.1, 0.15) is 112 Å². The van der Waals surface area contributed by atoms with Crippen molar-refractivity contribution >= 4 is 23.0 Å². The van der Waals surface area contributed by atoms with Crippen LogP contribution in [-0.4, -0.2) is 59.9 Å². The number of phenols is 2. The summed E-state index contributed by atoms with van der Waals surface area (Å²) in [6, 6.07) is 16.4. The maximum atomic E-state index is 11.5. The molecule has 0 aliphatic carbocycles. The molecule has 3 aromatic rings. The number of para-hydroxylation sites is 2. The van der Waals surface area contributed by atoms with Gasteiger partial charge in [0.2, 0.25) is 0 Å². The predicted octanol–water partition coefficient (Wildman–Crippen LogP) is 9.75. The summed E-state index contributed by atoms with van der Waals surface area (Å²) in [6.07, 6.45) is 12.2. The van der Waals surface area contributed by atoms with Crippen LogP contribution in [0.4, 0.5) is 11.4 Å². The molecular formula is C40H58N4O2Zn. The maximum absolute atomic E-state index is 11.5. The number of phenolic OH excluding ortho intramolecular Hbond substituents is 2. The van der Waals surface area contributed by atoms with Crippen LogP contribution in [0.15, 0.2) is 58.5 Å². The first-order valence-corrected chi connectivity index (χ1v) is 17.5. The first-order chi connectivity index (χ1) is 22.1. The molecule has 47 heavy (non-hydrogen) atoms. The van der Waals surface area contributed by atoms with Crippen LogP contribution in [0, 0.1) is 0 Å². The largest absolute Gasteiger partial charge is 0.507 e. The summed E-state index contributed by atoms with van der Waals surface area (Å²) < 4.78 is 0. The Kier molecular flexibility index (Phi) is 17.2. The van der Waals surface area contributed by atoms with E-state index >= 15 is 0 Å². The van der Waals surface area contributed by atoms with Gasteiger partial charge in [-0.3, -0.25) is 0 Å². The van der Waals surface area contributed by atoms with Gasteiger partial charge in [-0.05, 0) is 97.9 Å². The Morgan fingerprint density at radius 1 is 0.553 bits per heavy atom. The summed E-state index contributed by atoms with van der Waals surface area (Å²) in [5.41, 5.74) is 7.33. The number of unbranched alkanes of at least 4 members (excludes halogenated alkanes) is 4. The van der Waals surface area contributed by atoms with E-state index in [2.05, 4.69) is 52.0 Å². The molecule has 0 atom stereocenters. The van der Waals surface area contributed by atoms with Crippen molar-refractivity contribution in [1.29, 1.82) is 0 Å². The quantitative estimate of drug-likeness (QED) is 0.0892. The molecule has 0 bridgehead atoms. The van der Waals surface area contributed by atoms with E-state index in [9.17, 15) is 10.2 Å². The zero-order valence-corrected chi connectivity index (χ0v) is 33.5. The molecule has 7 heteroatoms. The zero-order chi connectivity index (χ0) is 33.6. The van der Waals surface area contributed by atoms with Gasteiger partial charge in [-0.15, -0.1) is 0 Å². The molecule has 0 radical (unpaired) electrons. The molecule has 0 aliphatic heterocycles. The molecule has 0 heterocycles. The smallest absolute Gasteiger partial charge is 0.139 e. The van der Waals surface area contributed by atoms with Gasteiger partial charge in [0.05, 0.1) is 22.5 Å². The van der Waals surface area contributed by atoms with Crippen LogP contribution < -0.4 is 0 Å². The number of nitrogens with zero attached hydrogens (tertiary/aromatic N) is 4. The van der Waals surface area contributed by atoms with Gasteiger partial charge < -0.3 is 20.0 Å². The molecule has 252 valence electrons. The fourth-order valence-corrected chi connectivity index (χ4v) is 5.71. The fraction of sp³-hybridized carbons (Fsp3) is 0.500. The van der Waals surface area contributed by atoms with E-state index in [0.29, 0.717) is 34.5 Å². The second kappa shape index (κ2) is 20.2. The van der Waals surface area contributed by atoms with Crippen LogP contribution in [0.5, 0.6) is 11.5 Å². The van der Waals surface area contributed by atoms with Crippen LogP contribution in [-0.2, 0) is 45.2 Å². The van der Waals surface area contributed by atoms with Crippen molar-refractivity contribution in [3.63, 3.8) is 0 Å². The van der Waals surface area contributed by atoms with Crippen molar-refractivity contribution in [3.05, 3.63) is 81.9 Å².